The normalized spacial score (nSPS) is 29.3. The molecule has 1 aromatic rings. The summed E-state index contributed by atoms with van der Waals surface area (Å²) in [5, 5.41) is 0. The summed E-state index contributed by atoms with van der Waals surface area (Å²) >= 11 is 0. The molecule has 0 N–H and O–H groups in total. The van der Waals surface area contributed by atoms with Gasteiger partial charge in [0.05, 0.1) is 5.56 Å². The van der Waals surface area contributed by atoms with Gasteiger partial charge < -0.3 is 4.74 Å². The molecule has 2 aliphatic rings. The molecule has 3 rings (SSSR count). The second-order valence-electron chi connectivity index (χ2n) is 8.51. The van der Waals surface area contributed by atoms with Gasteiger partial charge in [-0.15, -0.1) is 0 Å². The lowest BCUT2D eigenvalue weighted by Crippen LogP contribution is -2.29. The molecule has 0 heterocycles. The SMILES string of the molecule is CCCCC[C@H]1CC[C@H](C2CCC(OC(=O)c3cc[c]cc3)CC2)CC1. The van der Waals surface area contributed by atoms with Gasteiger partial charge in [-0.3, -0.25) is 0 Å². The fourth-order valence-corrected chi connectivity index (χ4v) is 5.05. The molecule has 2 aliphatic carbocycles. The number of hydrogen-bond acceptors (Lipinski definition) is 2. The van der Waals surface area contributed by atoms with Gasteiger partial charge in [0.25, 0.3) is 0 Å². The van der Waals surface area contributed by atoms with Crippen molar-refractivity contribution in [2.75, 3.05) is 0 Å². The van der Waals surface area contributed by atoms with E-state index in [1.807, 2.05) is 0 Å². The van der Waals surface area contributed by atoms with E-state index in [0.717, 1.165) is 30.6 Å². The first-order valence-electron chi connectivity index (χ1n) is 10.9. The second-order valence-corrected chi connectivity index (χ2v) is 8.51. The molecule has 0 bridgehead atoms. The number of benzene rings is 1. The zero-order chi connectivity index (χ0) is 18.2. The van der Waals surface area contributed by atoms with Crippen LogP contribution in [0.2, 0.25) is 0 Å². The molecule has 2 saturated carbocycles. The van der Waals surface area contributed by atoms with Gasteiger partial charge in [0.2, 0.25) is 0 Å². The quantitative estimate of drug-likeness (QED) is 0.407. The highest BCUT2D eigenvalue weighted by molar-refractivity contribution is 5.89. The van der Waals surface area contributed by atoms with Crippen molar-refractivity contribution in [3.05, 3.63) is 35.9 Å². The summed E-state index contributed by atoms with van der Waals surface area (Å²) in [6.07, 6.45) is 16.1. The van der Waals surface area contributed by atoms with E-state index < -0.39 is 0 Å². The van der Waals surface area contributed by atoms with Crippen LogP contribution in [0.15, 0.2) is 24.3 Å². The Morgan fingerprint density at radius 2 is 1.58 bits per heavy atom. The molecule has 0 amide bonds. The molecule has 0 aliphatic heterocycles. The second kappa shape index (κ2) is 10.1. The molecule has 0 atom stereocenters. The maximum Gasteiger partial charge on any atom is 0.338 e. The lowest BCUT2D eigenvalue weighted by Gasteiger charge is -2.37. The molecular formula is C24H35O2. The summed E-state index contributed by atoms with van der Waals surface area (Å²) in [4.78, 5) is 12.2. The molecule has 1 radical (unpaired) electrons. The van der Waals surface area contributed by atoms with Crippen molar-refractivity contribution in [1.82, 2.24) is 0 Å². The van der Waals surface area contributed by atoms with Crippen molar-refractivity contribution in [1.29, 1.82) is 0 Å². The van der Waals surface area contributed by atoms with Crippen LogP contribution >= 0.6 is 0 Å². The van der Waals surface area contributed by atoms with Crippen LogP contribution in [0.5, 0.6) is 0 Å². The smallest absolute Gasteiger partial charge is 0.338 e. The Hall–Kier alpha value is -1.31. The third-order valence-electron chi connectivity index (χ3n) is 6.72. The molecule has 2 nitrogen and oxygen atoms in total. The first-order chi connectivity index (χ1) is 12.8. The molecule has 143 valence electrons. The molecule has 0 aromatic heterocycles. The number of hydrogen-bond donors (Lipinski definition) is 0. The lowest BCUT2D eigenvalue weighted by molar-refractivity contribution is 0.0109. The lowest BCUT2D eigenvalue weighted by atomic mass is 9.70. The fourth-order valence-electron chi connectivity index (χ4n) is 5.05. The van der Waals surface area contributed by atoms with Crippen molar-refractivity contribution in [3.8, 4) is 0 Å². The highest BCUT2D eigenvalue weighted by Gasteiger charge is 2.31. The highest BCUT2D eigenvalue weighted by Crippen LogP contribution is 2.41. The average Bonchev–Trinajstić information content (AvgIpc) is 2.70. The Balaban J connectivity index is 1.36. The molecule has 2 heteroatoms. The maximum atomic E-state index is 12.2. The van der Waals surface area contributed by atoms with Gasteiger partial charge in [-0.2, -0.15) is 0 Å². The summed E-state index contributed by atoms with van der Waals surface area (Å²) in [6.45, 7) is 2.29. The summed E-state index contributed by atoms with van der Waals surface area (Å²) in [5.41, 5.74) is 0.646. The predicted molar refractivity (Wildman–Crippen MR) is 106 cm³/mol. The molecule has 2 fully saturated rings. The number of carbonyl (C=O) groups excluding carboxylic acids is 1. The minimum atomic E-state index is -0.171. The zero-order valence-corrected chi connectivity index (χ0v) is 16.4. The summed E-state index contributed by atoms with van der Waals surface area (Å²) < 4.78 is 5.73. The first-order valence-corrected chi connectivity index (χ1v) is 10.9. The Kier molecular flexibility index (Phi) is 7.58. The predicted octanol–water partition coefficient (Wildman–Crippen LogP) is 6.59. The van der Waals surface area contributed by atoms with Crippen LogP contribution < -0.4 is 0 Å². The minimum Gasteiger partial charge on any atom is -0.459 e. The van der Waals surface area contributed by atoms with Crippen molar-refractivity contribution in [2.24, 2.45) is 17.8 Å². The van der Waals surface area contributed by atoms with Crippen LogP contribution in [0.25, 0.3) is 0 Å². The monoisotopic (exact) mass is 355 g/mol. The van der Waals surface area contributed by atoms with Crippen molar-refractivity contribution >= 4 is 5.97 Å². The Labute approximate surface area is 159 Å². The molecule has 1 aromatic carbocycles. The third-order valence-corrected chi connectivity index (χ3v) is 6.72. The van der Waals surface area contributed by atoms with Gasteiger partial charge >= 0.3 is 5.97 Å². The molecule has 0 saturated heterocycles. The van der Waals surface area contributed by atoms with E-state index in [1.54, 1.807) is 24.3 Å². The van der Waals surface area contributed by atoms with Crippen LogP contribution in [0.3, 0.4) is 0 Å². The number of carbonyl (C=O) groups is 1. The summed E-state index contributed by atoms with van der Waals surface area (Å²) in [5.74, 6) is 2.62. The van der Waals surface area contributed by atoms with E-state index >= 15 is 0 Å². The largest absolute Gasteiger partial charge is 0.459 e. The van der Waals surface area contributed by atoms with Crippen LogP contribution in [0.1, 0.15) is 94.3 Å². The number of unbranched alkanes of at least 4 members (excludes halogenated alkanes) is 2. The zero-order valence-electron chi connectivity index (χ0n) is 16.4. The Morgan fingerprint density at radius 3 is 2.19 bits per heavy atom. The summed E-state index contributed by atoms with van der Waals surface area (Å²) in [7, 11) is 0. The van der Waals surface area contributed by atoms with E-state index in [9.17, 15) is 4.79 Å². The van der Waals surface area contributed by atoms with E-state index in [4.69, 9.17) is 4.74 Å². The minimum absolute atomic E-state index is 0.119. The van der Waals surface area contributed by atoms with Gasteiger partial charge in [-0.25, -0.2) is 4.79 Å². The Morgan fingerprint density at radius 1 is 0.962 bits per heavy atom. The Bertz CT molecular complexity index is 522. The molecule has 26 heavy (non-hydrogen) atoms. The molecule has 0 unspecified atom stereocenters. The van der Waals surface area contributed by atoms with Crippen LogP contribution in [-0.2, 0) is 4.74 Å². The fraction of sp³-hybridized carbons (Fsp3) is 0.708. The number of esters is 1. The standard InChI is InChI=1S/C24H35O2/c1-2-3-5-8-19-11-13-20(14-12-19)21-15-17-23(18-16-21)26-24(25)22-9-6-4-7-10-22/h6-7,9-10,19-21,23H,2-3,5,8,11-18H2,1H3/t19-,20-,21?,23?. The van der Waals surface area contributed by atoms with E-state index in [-0.39, 0.29) is 12.1 Å². The van der Waals surface area contributed by atoms with Gasteiger partial charge in [-0.05, 0) is 74.5 Å². The van der Waals surface area contributed by atoms with Crippen molar-refractivity contribution < 1.29 is 9.53 Å². The van der Waals surface area contributed by atoms with Crippen LogP contribution in [-0.4, -0.2) is 12.1 Å². The van der Waals surface area contributed by atoms with Crippen molar-refractivity contribution in [3.63, 3.8) is 0 Å². The average molecular weight is 356 g/mol. The maximum absolute atomic E-state index is 12.2. The van der Waals surface area contributed by atoms with Crippen molar-refractivity contribution in [2.45, 2.75) is 90.1 Å². The van der Waals surface area contributed by atoms with E-state index in [1.165, 1.54) is 64.2 Å². The van der Waals surface area contributed by atoms with Crippen LogP contribution in [0, 0.1) is 23.8 Å². The van der Waals surface area contributed by atoms with Gasteiger partial charge in [0.15, 0.2) is 0 Å². The van der Waals surface area contributed by atoms with Gasteiger partial charge in [-0.1, -0.05) is 57.6 Å². The topological polar surface area (TPSA) is 26.3 Å². The number of rotatable bonds is 7. The van der Waals surface area contributed by atoms with Crippen LogP contribution in [0.4, 0.5) is 0 Å². The summed E-state index contributed by atoms with van der Waals surface area (Å²) in [6, 6.07) is 10.1. The van der Waals surface area contributed by atoms with E-state index in [2.05, 4.69) is 13.0 Å². The van der Waals surface area contributed by atoms with Gasteiger partial charge in [0.1, 0.15) is 6.10 Å². The third kappa shape index (κ3) is 5.59. The highest BCUT2D eigenvalue weighted by atomic mass is 16.5. The number of ether oxygens (including phenoxy) is 1. The molecule has 0 spiro atoms. The molecular weight excluding hydrogens is 320 g/mol. The first kappa shape index (κ1) is 19.5. The van der Waals surface area contributed by atoms with E-state index in [0.29, 0.717) is 5.56 Å². The van der Waals surface area contributed by atoms with Gasteiger partial charge in [0, 0.05) is 0 Å².